The highest BCUT2D eigenvalue weighted by molar-refractivity contribution is 6.30. The van der Waals surface area contributed by atoms with Gasteiger partial charge in [-0.05, 0) is 31.2 Å². The van der Waals surface area contributed by atoms with Crippen molar-refractivity contribution in [1.29, 1.82) is 0 Å². The molecule has 19 heavy (non-hydrogen) atoms. The van der Waals surface area contributed by atoms with Gasteiger partial charge in [0.25, 0.3) is 5.91 Å². The molecule has 1 rings (SSSR count). The second kappa shape index (κ2) is 7.48. The molecule has 0 aliphatic heterocycles. The minimum Gasteiger partial charge on any atom is -0.484 e. The molecule has 0 unspecified atom stereocenters. The maximum atomic E-state index is 11.8. The fourth-order valence-electron chi connectivity index (χ4n) is 1.37. The summed E-state index contributed by atoms with van der Waals surface area (Å²) < 4.78 is 5.33. The third kappa shape index (κ3) is 5.05. The summed E-state index contributed by atoms with van der Waals surface area (Å²) in [6.07, 6.45) is 0. The lowest BCUT2D eigenvalue weighted by atomic mass is 10.3. The number of carbonyl (C=O) groups excluding carboxylic acids is 1. The van der Waals surface area contributed by atoms with E-state index in [0.717, 1.165) is 0 Å². The second-order valence-electron chi connectivity index (χ2n) is 3.74. The predicted octanol–water partition coefficient (Wildman–Crippen LogP) is 1.31. The molecule has 6 nitrogen and oxygen atoms in total. The van der Waals surface area contributed by atoms with Crippen molar-refractivity contribution in [2.24, 2.45) is 10.9 Å². The number of nitrogens with zero attached hydrogens (tertiary/aromatic N) is 2. The Morgan fingerprint density at radius 2 is 2.11 bits per heavy atom. The Labute approximate surface area is 116 Å². The lowest BCUT2D eigenvalue weighted by molar-refractivity contribution is -0.132. The summed E-state index contributed by atoms with van der Waals surface area (Å²) in [6, 6.07) is 6.70. The molecule has 0 saturated heterocycles. The van der Waals surface area contributed by atoms with E-state index in [2.05, 4.69) is 5.16 Å². The van der Waals surface area contributed by atoms with Crippen molar-refractivity contribution < 1.29 is 14.7 Å². The van der Waals surface area contributed by atoms with Crippen LogP contribution in [0.2, 0.25) is 5.02 Å². The molecule has 0 aromatic heterocycles. The SMILES string of the molecule is CCN(CC(N)=NO)C(=O)COc1ccc(Cl)cc1. The average molecular weight is 286 g/mol. The van der Waals surface area contributed by atoms with Crippen LogP contribution in [0.15, 0.2) is 29.4 Å². The Hall–Kier alpha value is -1.95. The maximum Gasteiger partial charge on any atom is 0.260 e. The van der Waals surface area contributed by atoms with Crippen LogP contribution in [0.3, 0.4) is 0 Å². The maximum absolute atomic E-state index is 11.8. The Kier molecular flexibility index (Phi) is 5.95. The van der Waals surface area contributed by atoms with Gasteiger partial charge in [-0.25, -0.2) is 0 Å². The Bertz CT molecular complexity index is 448. The molecule has 0 aliphatic rings. The molecule has 0 atom stereocenters. The summed E-state index contributed by atoms with van der Waals surface area (Å²) in [5.41, 5.74) is 5.36. The number of hydrogen-bond donors (Lipinski definition) is 2. The third-order valence-corrected chi connectivity index (χ3v) is 2.64. The molecule has 0 heterocycles. The average Bonchev–Trinajstić information content (AvgIpc) is 2.43. The zero-order valence-corrected chi connectivity index (χ0v) is 11.3. The van der Waals surface area contributed by atoms with Crippen molar-refractivity contribution in [1.82, 2.24) is 4.90 Å². The van der Waals surface area contributed by atoms with Gasteiger partial charge in [-0.2, -0.15) is 0 Å². The van der Waals surface area contributed by atoms with E-state index in [-0.39, 0.29) is 24.9 Å². The number of halogens is 1. The van der Waals surface area contributed by atoms with Gasteiger partial charge in [-0.3, -0.25) is 4.79 Å². The first-order valence-electron chi connectivity index (χ1n) is 5.69. The van der Waals surface area contributed by atoms with Gasteiger partial charge >= 0.3 is 0 Å². The summed E-state index contributed by atoms with van der Waals surface area (Å²) in [6.45, 7) is 2.19. The highest BCUT2D eigenvalue weighted by Crippen LogP contribution is 2.15. The number of nitrogens with two attached hydrogens (primary N) is 1. The van der Waals surface area contributed by atoms with E-state index < -0.39 is 0 Å². The normalized spacial score (nSPS) is 11.2. The van der Waals surface area contributed by atoms with Gasteiger partial charge in [-0.15, -0.1) is 0 Å². The van der Waals surface area contributed by atoms with E-state index in [9.17, 15) is 4.79 Å². The number of amidine groups is 1. The molecule has 0 bridgehead atoms. The van der Waals surface area contributed by atoms with Crippen molar-refractivity contribution >= 4 is 23.3 Å². The largest absolute Gasteiger partial charge is 0.484 e. The predicted molar refractivity (Wildman–Crippen MR) is 72.6 cm³/mol. The van der Waals surface area contributed by atoms with Gasteiger partial charge in [0.05, 0.1) is 6.54 Å². The molecule has 7 heteroatoms. The van der Waals surface area contributed by atoms with Crippen LogP contribution in [0.5, 0.6) is 5.75 Å². The van der Waals surface area contributed by atoms with Crippen LogP contribution in [0.4, 0.5) is 0 Å². The van der Waals surface area contributed by atoms with Gasteiger partial charge in [-0.1, -0.05) is 16.8 Å². The van der Waals surface area contributed by atoms with Gasteiger partial charge in [0.15, 0.2) is 12.4 Å². The van der Waals surface area contributed by atoms with Crippen molar-refractivity contribution in [2.45, 2.75) is 6.92 Å². The minimum atomic E-state index is -0.246. The van der Waals surface area contributed by atoms with Crippen LogP contribution in [-0.2, 0) is 4.79 Å². The van der Waals surface area contributed by atoms with Crippen molar-refractivity contribution in [3.63, 3.8) is 0 Å². The van der Waals surface area contributed by atoms with E-state index >= 15 is 0 Å². The fraction of sp³-hybridized carbons (Fsp3) is 0.333. The van der Waals surface area contributed by atoms with Crippen LogP contribution in [0.1, 0.15) is 6.92 Å². The molecule has 0 aliphatic carbocycles. The molecule has 1 aromatic carbocycles. The molecule has 0 spiro atoms. The quantitative estimate of drug-likeness (QED) is 0.357. The summed E-state index contributed by atoms with van der Waals surface area (Å²) in [7, 11) is 0. The first-order chi connectivity index (χ1) is 9.06. The minimum absolute atomic E-state index is 0.0262. The smallest absolute Gasteiger partial charge is 0.260 e. The first-order valence-corrected chi connectivity index (χ1v) is 6.07. The topological polar surface area (TPSA) is 88.1 Å². The van der Waals surface area contributed by atoms with E-state index in [0.29, 0.717) is 17.3 Å². The first kappa shape index (κ1) is 15.1. The van der Waals surface area contributed by atoms with E-state index in [1.165, 1.54) is 4.90 Å². The number of likely N-dealkylation sites (N-methyl/N-ethyl adjacent to an activating group) is 1. The van der Waals surface area contributed by atoms with Gasteiger partial charge < -0.3 is 20.6 Å². The molecular formula is C12H16ClN3O3. The lowest BCUT2D eigenvalue weighted by Crippen LogP contribution is -2.40. The third-order valence-electron chi connectivity index (χ3n) is 2.39. The van der Waals surface area contributed by atoms with Crippen molar-refractivity contribution in [2.75, 3.05) is 19.7 Å². The summed E-state index contributed by atoms with van der Waals surface area (Å²) in [4.78, 5) is 13.3. The Morgan fingerprint density at radius 3 is 2.63 bits per heavy atom. The zero-order chi connectivity index (χ0) is 14.3. The zero-order valence-electron chi connectivity index (χ0n) is 10.5. The molecule has 1 amide bonds. The number of rotatable bonds is 6. The monoisotopic (exact) mass is 285 g/mol. The Balaban J connectivity index is 2.51. The summed E-state index contributed by atoms with van der Waals surface area (Å²) >= 11 is 5.74. The van der Waals surface area contributed by atoms with E-state index in [1.807, 2.05) is 0 Å². The second-order valence-corrected chi connectivity index (χ2v) is 4.18. The van der Waals surface area contributed by atoms with Crippen molar-refractivity contribution in [3.8, 4) is 5.75 Å². The lowest BCUT2D eigenvalue weighted by Gasteiger charge is -2.20. The molecule has 0 fully saturated rings. The van der Waals surface area contributed by atoms with Crippen LogP contribution in [0, 0.1) is 0 Å². The number of benzene rings is 1. The van der Waals surface area contributed by atoms with Gasteiger partial charge in [0, 0.05) is 11.6 Å². The molecule has 0 radical (unpaired) electrons. The number of amides is 1. The fourth-order valence-corrected chi connectivity index (χ4v) is 1.50. The van der Waals surface area contributed by atoms with Gasteiger partial charge in [0.2, 0.25) is 0 Å². The molecule has 3 N–H and O–H groups in total. The van der Waals surface area contributed by atoms with Crippen molar-refractivity contribution in [3.05, 3.63) is 29.3 Å². The standard InChI is InChI=1S/C12H16ClN3O3/c1-2-16(7-11(14)15-18)12(17)8-19-10-5-3-9(13)4-6-10/h3-6,18H,2,7-8H2,1H3,(H2,14,15). The molecule has 1 aromatic rings. The summed E-state index contributed by atoms with van der Waals surface area (Å²) in [5, 5.41) is 11.9. The highest BCUT2D eigenvalue weighted by Gasteiger charge is 2.13. The van der Waals surface area contributed by atoms with Crippen LogP contribution >= 0.6 is 11.6 Å². The number of hydrogen-bond acceptors (Lipinski definition) is 4. The molecular weight excluding hydrogens is 270 g/mol. The highest BCUT2D eigenvalue weighted by atomic mass is 35.5. The molecule has 104 valence electrons. The van der Waals surface area contributed by atoms with Gasteiger partial charge in [0.1, 0.15) is 5.75 Å². The Morgan fingerprint density at radius 1 is 1.47 bits per heavy atom. The van der Waals surface area contributed by atoms with E-state index in [4.69, 9.17) is 27.3 Å². The van der Waals surface area contributed by atoms with E-state index in [1.54, 1.807) is 31.2 Å². The summed E-state index contributed by atoms with van der Waals surface area (Å²) in [5.74, 6) is 0.281. The van der Waals surface area contributed by atoms with Crippen LogP contribution < -0.4 is 10.5 Å². The number of oxime groups is 1. The van der Waals surface area contributed by atoms with Crippen LogP contribution in [-0.4, -0.2) is 41.5 Å². The number of carbonyl (C=O) groups is 1. The molecule has 0 saturated carbocycles. The van der Waals surface area contributed by atoms with Crippen LogP contribution in [0.25, 0.3) is 0 Å². The number of ether oxygens (including phenoxy) is 1.